The highest BCUT2D eigenvalue weighted by Crippen LogP contribution is 2.33. The Morgan fingerprint density at radius 1 is 1.06 bits per heavy atom. The number of rotatable bonds is 5. The first-order valence-corrected chi connectivity index (χ1v) is 11.9. The van der Waals surface area contributed by atoms with Crippen LogP contribution in [-0.4, -0.2) is 59.4 Å². The molecule has 0 saturated carbocycles. The van der Waals surface area contributed by atoms with Gasteiger partial charge in [0, 0.05) is 24.8 Å². The van der Waals surface area contributed by atoms with E-state index in [-0.39, 0.29) is 24.2 Å². The van der Waals surface area contributed by atoms with Gasteiger partial charge in [-0.3, -0.25) is 4.79 Å². The van der Waals surface area contributed by atoms with Crippen molar-refractivity contribution < 1.29 is 19.0 Å². The number of halogens is 1. The van der Waals surface area contributed by atoms with E-state index in [2.05, 4.69) is 20.3 Å². The van der Waals surface area contributed by atoms with Crippen LogP contribution in [0.15, 0.2) is 54.6 Å². The van der Waals surface area contributed by atoms with Crippen LogP contribution in [0.4, 0.5) is 0 Å². The van der Waals surface area contributed by atoms with E-state index in [9.17, 15) is 4.79 Å². The number of H-pyrrole nitrogens is 1. The van der Waals surface area contributed by atoms with E-state index in [1.807, 2.05) is 54.6 Å². The van der Waals surface area contributed by atoms with Crippen molar-refractivity contribution in [2.45, 2.75) is 24.7 Å². The van der Waals surface area contributed by atoms with Gasteiger partial charge >= 0.3 is 0 Å². The summed E-state index contributed by atoms with van der Waals surface area (Å²) >= 11 is 6.58. The van der Waals surface area contributed by atoms with Crippen LogP contribution in [0.2, 0.25) is 5.02 Å². The predicted molar refractivity (Wildman–Crippen MR) is 132 cm³/mol. The molecule has 0 radical (unpaired) electrons. The number of pyridine rings is 1. The number of benzene rings is 2. The van der Waals surface area contributed by atoms with Gasteiger partial charge < -0.3 is 24.5 Å². The van der Waals surface area contributed by atoms with Gasteiger partial charge in [-0.05, 0) is 35.7 Å². The van der Waals surface area contributed by atoms with E-state index in [0.717, 1.165) is 23.1 Å². The minimum Gasteiger partial charge on any atom is -0.456 e. The third-order valence-corrected chi connectivity index (χ3v) is 6.74. The standard InChI is InChI=1S/C26H23ClN4O4/c1-28-25(32)17-8-4-15(5-9-17)14-2-6-16(7-3-14)22-18(27)12-19-24(30-22)31-26(29-19)35-21-13-34-20-10-11-33-23(20)21/h2-9,12,20-21,23H,10-11,13H2,1H3,(H,28,32)(H,29,30,31). The van der Waals surface area contributed by atoms with E-state index in [4.69, 9.17) is 25.8 Å². The Bertz CT molecular complexity index is 1390. The molecule has 2 fully saturated rings. The van der Waals surface area contributed by atoms with Crippen molar-refractivity contribution in [2.75, 3.05) is 20.3 Å². The Labute approximate surface area is 206 Å². The molecule has 2 saturated heterocycles. The Hall–Kier alpha value is -3.46. The maximum atomic E-state index is 11.8. The van der Waals surface area contributed by atoms with E-state index < -0.39 is 0 Å². The molecule has 0 aliphatic carbocycles. The van der Waals surface area contributed by atoms with Gasteiger partial charge in [0.05, 0.1) is 28.9 Å². The lowest BCUT2D eigenvalue weighted by atomic mass is 10.0. The van der Waals surface area contributed by atoms with Crippen LogP contribution in [0.5, 0.6) is 6.01 Å². The van der Waals surface area contributed by atoms with Gasteiger partial charge in [-0.2, -0.15) is 4.98 Å². The molecule has 178 valence electrons. The highest BCUT2D eigenvalue weighted by atomic mass is 35.5. The second-order valence-corrected chi connectivity index (χ2v) is 9.03. The number of amides is 1. The first-order valence-electron chi connectivity index (χ1n) is 11.5. The summed E-state index contributed by atoms with van der Waals surface area (Å²) in [6, 6.07) is 17.6. The molecule has 2 aliphatic rings. The van der Waals surface area contributed by atoms with Crippen molar-refractivity contribution in [3.63, 3.8) is 0 Å². The minimum absolute atomic E-state index is 0.0613. The summed E-state index contributed by atoms with van der Waals surface area (Å²) in [5.41, 5.74) is 5.39. The molecule has 2 N–H and O–H groups in total. The van der Waals surface area contributed by atoms with Crippen LogP contribution < -0.4 is 10.1 Å². The number of hydrogen-bond donors (Lipinski definition) is 2. The van der Waals surface area contributed by atoms with Crippen LogP contribution in [0.1, 0.15) is 16.8 Å². The molecule has 2 aromatic carbocycles. The van der Waals surface area contributed by atoms with Gasteiger partial charge in [-0.25, -0.2) is 4.98 Å². The monoisotopic (exact) mass is 490 g/mol. The smallest absolute Gasteiger partial charge is 0.296 e. The molecule has 8 nitrogen and oxygen atoms in total. The molecule has 0 bridgehead atoms. The zero-order chi connectivity index (χ0) is 23.9. The number of aromatic nitrogens is 3. The topological polar surface area (TPSA) is 98.4 Å². The van der Waals surface area contributed by atoms with Crippen LogP contribution >= 0.6 is 11.6 Å². The number of imidazole rings is 1. The second-order valence-electron chi connectivity index (χ2n) is 8.62. The Balaban J connectivity index is 1.23. The number of aromatic amines is 1. The molecule has 4 heterocycles. The number of hydrogen-bond acceptors (Lipinski definition) is 6. The van der Waals surface area contributed by atoms with Crippen molar-refractivity contribution >= 4 is 28.7 Å². The number of fused-ring (bicyclic) bond motifs is 2. The number of ether oxygens (including phenoxy) is 3. The molecule has 9 heteroatoms. The SMILES string of the molecule is CNC(=O)c1ccc(-c2ccc(-c3nc4nc(OC5COC6CCOC65)[nH]c4cc3Cl)cc2)cc1. The molecule has 3 unspecified atom stereocenters. The molecule has 3 atom stereocenters. The van der Waals surface area contributed by atoms with Crippen molar-refractivity contribution in [3.05, 3.63) is 65.2 Å². The van der Waals surface area contributed by atoms with E-state index in [1.54, 1.807) is 7.05 Å². The van der Waals surface area contributed by atoms with E-state index >= 15 is 0 Å². The van der Waals surface area contributed by atoms with Crippen LogP contribution in [0, 0.1) is 0 Å². The van der Waals surface area contributed by atoms with Gasteiger partial charge in [0.2, 0.25) is 0 Å². The largest absolute Gasteiger partial charge is 0.456 e. The maximum Gasteiger partial charge on any atom is 0.296 e. The van der Waals surface area contributed by atoms with Gasteiger partial charge in [0.25, 0.3) is 11.9 Å². The average Bonchev–Trinajstić information content (AvgIpc) is 3.60. The van der Waals surface area contributed by atoms with Gasteiger partial charge in [-0.1, -0.05) is 48.0 Å². The van der Waals surface area contributed by atoms with E-state index in [1.165, 1.54) is 0 Å². The fraction of sp³-hybridized carbons (Fsp3) is 0.269. The lowest BCUT2D eigenvalue weighted by Gasteiger charge is -2.15. The van der Waals surface area contributed by atoms with Gasteiger partial charge in [0.1, 0.15) is 6.10 Å². The third kappa shape index (κ3) is 4.14. The third-order valence-electron chi connectivity index (χ3n) is 6.45. The molecule has 0 spiro atoms. The first-order chi connectivity index (χ1) is 17.1. The highest BCUT2D eigenvalue weighted by Gasteiger charge is 2.43. The summed E-state index contributed by atoms with van der Waals surface area (Å²) in [7, 11) is 1.62. The van der Waals surface area contributed by atoms with Gasteiger partial charge in [-0.15, -0.1) is 0 Å². The summed E-state index contributed by atoms with van der Waals surface area (Å²) in [6.07, 6.45) is 0.732. The highest BCUT2D eigenvalue weighted by molar-refractivity contribution is 6.33. The summed E-state index contributed by atoms with van der Waals surface area (Å²) in [6.45, 7) is 1.17. The fourth-order valence-corrected chi connectivity index (χ4v) is 4.87. The first kappa shape index (κ1) is 22.0. The van der Waals surface area contributed by atoms with Gasteiger partial charge in [0.15, 0.2) is 11.8 Å². The molecule has 2 aromatic heterocycles. The minimum atomic E-state index is -0.198. The zero-order valence-electron chi connectivity index (χ0n) is 19.0. The quantitative estimate of drug-likeness (QED) is 0.434. The second kappa shape index (κ2) is 8.96. The van der Waals surface area contributed by atoms with Crippen LogP contribution in [0.25, 0.3) is 33.5 Å². The molecule has 1 amide bonds. The maximum absolute atomic E-state index is 11.8. The zero-order valence-corrected chi connectivity index (χ0v) is 19.7. The molecular formula is C26H23ClN4O4. The number of carbonyl (C=O) groups excluding carboxylic acids is 1. The summed E-state index contributed by atoms with van der Waals surface area (Å²) in [5, 5.41) is 3.14. The number of nitrogens with one attached hydrogen (secondary N) is 2. The molecule has 4 aromatic rings. The molecule has 6 rings (SSSR count). The Morgan fingerprint density at radius 3 is 2.51 bits per heavy atom. The van der Waals surface area contributed by atoms with Crippen molar-refractivity contribution in [3.8, 4) is 28.4 Å². The molecule has 2 aliphatic heterocycles. The summed E-state index contributed by atoms with van der Waals surface area (Å²) in [5.74, 6) is -0.109. The predicted octanol–water partition coefficient (Wildman–Crippen LogP) is 4.24. The number of carbonyl (C=O) groups is 1. The lowest BCUT2D eigenvalue weighted by Crippen LogP contribution is -2.32. The van der Waals surface area contributed by atoms with Crippen molar-refractivity contribution in [1.29, 1.82) is 0 Å². The van der Waals surface area contributed by atoms with Crippen LogP contribution in [-0.2, 0) is 9.47 Å². The van der Waals surface area contributed by atoms with Crippen molar-refractivity contribution in [1.82, 2.24) is 20.3 Å². The Morgan fingerprint density at radius 2 is 1.77 bits per heavy atom. The lowest BCUT2D eigenvalue weighted by molar-refractivity contribution is 0.0273. The summed E-state index contributed by atoms with van der Waals surface area (Å²) < 4.78 is 17.5. The average molecular weight is 491 g/mol. The summed E-state index contributed by atoms with van der Waals surface area (Å²) in [4.78, 5) is 24.1. The molecular weight excluding hydrogens is 468 g/mol. The molecule has 35 heavy (non-hydrogen) atoms. The van der Waals surface area contributed by atoms with Crippen molar-refractivity contribution in [2.24, 2.45) is 0 Å². The fourth-order valence-electron chi connectivity index (χ4n) is 4.61. The Kier molecular flexibility index (Phi) is 5.64. The van der Waals surface area contributed by atoms with Crippen LogP contribution in [0.3, 0.4) is 0 Å². The normalized spacial score (nSPS) is 21.3. The van der Waals surface area contributed by atoms with E-state index in [0.29, 0.717) is 46.7 Å². The number of nitrogens with zero attached hydrogens (tertiary/aromatic N) is 2.